The van der Waals surface area contributed by atoms with E-state index >= 15 is 0 Å². The van der Waals surface area contributed by atoms with Crippen LogP contribution in [0.1, 0.15) is 48.0 Å². The SMILES string of the molecule is CC(=O)C(O)[C@H](CC(C)C)NC(=O)OC(C)(C)C. The first-order valence-electron chi connectivity index (χ1n) is 6.21. The van der Waals surface area contributed by atoms with E-state index in [4.69, 9.17) is 4.74 Å². The summed E-state index contributed by atoms with van der Waals surface area (Å²) in [5.41, 5.74) is -0.604. The molecule has 0 fully saturated rings. The van der Waals surface area contributed by atoms with Crippen LogP contribution in [-0.2, 0) is 9.53 Å². The van der Waals surface area contributed by atoms with Crippen molar-refractivity contribution < 1.29 is 19.4 Å². The Morgan fingerprint density at radius 1 is 1.28 bits per heavy atom. The highest BCUT2D eigenvalue weighted by atomic mass is 16.6. The number of carbonyl (C=O) groups is 2. The van der Waals surface area contributed by atoms with Crippen molar-refractivity contribution in [2.24, 2.45) is 5.92 Å². The van der Waals surface area contributed by atoms with E-state index in [0.29, 0.717) is 6.42 Å². The number of rotatable bonds is 5. The van der Waals surface area contributed by atoms with Gasteiger partial charge in [0.2, 0.25) is 0 Å². The molecule has 0 aromatic heterocycles. The smallest absolute Gasteiger partial charge is 0.407 e. The summed E-state index contributed by atoms with van der Waals surface area (Å²) in [7, 11) is 0. The van der Waals surface area contributed by atoms with E-state index in [2.05, 4.69) is 5.32 Å². The van der Waals surface area contributed by atoms with Gasteiger partial charge in [0.15, 0.2) is 5.78 Å². The summed E-state index contributed by atoms with van der Waals surface area (Å²) in [6.07, 6.45) is -1.30. The van der Waals surface area contributed by atoms with E-state index in [1.54, 1.807) is 20.8 Å². The van der Waals surface area contributed by atoms with Gasteiger partial charge in [0, 0.05) is 0 Å². The standard InChI is InChI=1S/C13H25NO4/c1-8(2)7-10(11(16)9(3)15)14-12(17)18-13(4,5)6/h8,10-11,16H,7H2,1-6H3,(H,14,17)/t10-,11?/m0/s1. The highest BCUT2D eigenvalue weighted by Gasteiger charge is 2.27. The lowest BCUT2D eigenvalue weighted by Gasteiger charge is -2.26. The molecule has 0 saturated heterocycles. The third-order valence-electron chi connectivity index (χ3n) is 2.23. The minimum atomic E-state index is -1.19. The molecule has 0 aliphatic rings. The van der Waals surface area contributed by atoms with Gasteiger partial charge in [0.05, 0.1) is 6.04 Å². The predicted octanol–water partition coefficient (Wildman–Crippen LogP) is 1.88. The number of alkyl carbamates (subject to hydrolysis) is 1. The van der Waals surface area contributed by atoms with Crippen molar-refractivity contribution in [1.82, 2.24) is 5.32 Å². The van der Waals surface area contributed by atoms with Crippen LogP contribution in [0.2, 0.25) is 0 Å². The Hall–Kier alpha value is -1.10. The monoisotopic (exact) mass is 259 g/mol. The first-order valence-corrected chi connectivity index (χ1v) is 6.21. The number of Topliss-reactive ketones (excluding diaryl/α,β-unsaturated/α-hetero) is 1. The van der Waals surface area contributed by atoms with Gasteiger partial charge in [-0.1, -0.05) is 13.8 Å². The minimum Gasteiger partial charge on any atom is -0.444 e. The van der Waals surface area contributed by atoms with E-state index in [1.165, 1.54) is 6.92 Å². The van der Waals surface area contributed by atoms with Gasteiger partial charge >= 0.3 is 6.09 Å². The van der Waals surface area contributed by atoms with E-state index in [-0.39, 0.29) is 11.7 Å². The largest absolute Gasteiger partial charge is 0.444 e. The summed E-state index contributed by atoms with van der Waals surface area (Å²) in [5.74, 6) is -0.115. The number of hydrogen-bond donors (Lipinski definition) is 2. The fourth-order valence-corrected chi connectivity index (χ4v) is 1.52. The predicted molar refractivity (Wildman–Crippen MR) is 69.3 cm³/mol. The maximum absolute atomic E-state index is 11.6. The zero-order valence-corrected chi connectivity index (χ0v) is 12.1. The van der Waals surface area contributed by atoms with Gasteiger partial charge in [0.25, 0.3) is 0 Å². The minimum absolute atomic E-state index is 0.249. The number of amides is 1. The second-order valence-electron chi connectivity index (χ2n) is 5.94. The van der Waals surface area contributed by atoms with E-state index in [0.717, 1.165) is 0 Å². The molecule has 0 saturated carbocycles. The molecule has 0 aromatic rings. The Labute approximate surface area is 109 Å². The van der Waals surface area contributed by atoms with Crippen molar-refractivity contribution in [2.75, 3.05) is 0 Å². The molecule has 2 atom stereocenters. The van der Waals surface area contributed by atoms with Gasteiger partial charge in [-0.25, -0.2) is 4.79 Å². The zero-order chi connectivity index (χ0) is 14.5. The molecular formula is C13H25NO4. The third kappa shape index (κ3) is 7.27. The van der Waals surface area contributed by atoms with Crippen LogP contribution in [0.25, 0.3) is 0 Å². The number of ketones is 1. The molecule has 18 heavy (non-hydrogen) atoms. The topological polar surface area (TPSA) is 75.6 Å². The molecule has 0 spiro atoms. The molecule has 1 unspecified atom stereocenters. The van der Waals surface area contributed by atoms with Crippen LogP contribution in [-0.4, -0.2) is 34.7 Å². The molecule has 0 rings (SSSR count). The van der Waals surface area contributed by atoms with Crippen LogP contribution >= 0.6 is 0 Å². The number of ether oxygens (including phenoxy) is 1. The van der Waals surface area contributed by atoms with Crippen molar-refractivity contribution in [3.8, 4) is 0 Å². The molecule has 5 nitrogen and oxygen atoms in total. The first-order chi connectivity index (χ1) is 8.03. The van der Waals surface area contributed by atoms with E-state index in [9.17, 15) is 14.7 Å². The summed E-state index contributed by atoms with van der Waals surface area (Å²) in [5, 5.41) is 12.3. The van der Waals surface area contributed by atoms with Gasteiger partial charge in [-0.3, -0.25) is 4.79 Å². The van der Waals surface area contributed by atoms with Gasteiger partial charge in [0.1, 0.15) is 11.7 Å². The summed E-state index contributed by atoms with van der Waals surface area (Å²) in [6.45, 7) is 10.5. The van der Waals surface area contributed by atoms with Crippen molar-refractivity contribution in [2.45, 2.75) is 65.7 Å². The molecule has 0 aliphatic heterocycles. The normalized spacial score (nSPS) is 15.1. The van der Waals surface area contributed by atoms with E-state index in [1.807, 2.05) is 13.8 Å². The Morgan fingerprint density at radius 3 is 2.11 bits per heavy atom. The fraction of sp³-hybridized carbons (Fsp3) is 0.846. The second kappa shape index (κ2) is 6.73. The lowest BCUT2D eigenvalue weighted by Crippen LogP contribution is -2.48. The average molecular weight is 259 g/mol. The molecule has 0 radical (unpaired) electrons. The molecule has 106 valence electrons. The van der Waals surface area contributed by atoms with Crippen LogP contribution in [0.15, 0.2) is 0 Å². The molecule has 0 aliphatic carbocycles. The Morgan fingerprint density at radius 2 is 1.78 bits per heavy atom. The Bertz CT molecular complexity index is 294. The number of hydrogen-bond acceptors (Lipinski definition) is 4. The molecule has 5 heteroatoms. The van der Waals surface area contributed by atoms with Gasteiger partial charge < -0.3 is 15.2 Å². The quantitative estimate of drug-likeness (QED) is 0.790. The van der Waals surface area contributed by atoms with Crippen LogP contribution in [0.4, 0.5) is 4.79 Å². The van der Waals surface area contributed by atoms with E-state index < -0.39 is 23.8 Å². The molecular weight excluding hydrogens is 234 g/mol. The number of aliphatic hydroxyl groups excluding tert-OH is 1. The van der Waals surface area contributed by atoms with Gasteiger partial charge in [-0.15, -0.1) is 0 Å². The maximum atomic E-state index is 11.6. The second-order valence-corrected chi connectivity index (χ2v) is 5.94. The maximum Gasteiger partial charge on any atom is 0.407 e. The highest BCUT2D eigenvalue weighted by Crippen LogP contribution is 2.12. The summed E-state index contributed by atoms with van der Waals surface area (Å²) in [6, 6.07) is -0.614. The summed E-state index contributed by atoms with van der Waals surface area (Å²) in [4.78, 5) is 22.8. The van der Waals surface area contributed by atoms with Crippen molar-refractivity contribution >= 4 is 11.9 Å². The van der Waals surface area contributed by atoms with Crippen molar-refractivity contribution in [3.05, 3.63) is 0 Å². The van der Waals surface area contributed by atoms with Crippen molar-refractivity contribution in [1.29, 1.82) is 0 Å². The highest BCUT2D eigenvalue weighted by molar-refractivity contribution is 5.81. The lowest BCUT2D eigenvalue weighted by atomic mass is 9.97. The number of aliphatic hydroxyl groups is 1. The van der Waals surface area contributed by atoms with Crippen molar-refractivity contribution in [3.63, 3.8) is 0 Å². The Balaban J connectivity index is 4.59. The van der Waals surface area contributed by atoms with Crippen LogP contribution in [0.5, 0.6) is 0 Å². The summed E-state index contributed by atoms with van der Waals surface area (Å²) < 4.78 is 5.11. The van der Waals surface area contributed by atoms with Gasteiger partial charge in [-0.05, 0) is 40.0 Å². The average Bonchev–Trinajstić information content (AvgIpc) is 2.11. The lowest BCUT2D eigenvalue weighted by molar-refractivity contribution is -0.126. The molecule has 0 aromatic carbocycles. The van der Waals surface area contributed by atoms with Gasteiger partial charge in [-0.2, -0.15) is 0 Å². The number of carbonyl (C=O) groups excluding carboxylic acids is 2. The van der Waals surface area contributed by atoms with Crippen LogP contribution in [0.3, 0.4) is 0 Å². The fourth-order valence-electron chi connectivity index (χ4n) is 1.52. The summed E-state index contributed by atoms with van der Waals surface area (Å²) >= 11 is 0. The zero-order valence-electron chi connectivity index (χ0n) is 12.1. The molecule has 0 bridgehead atoms. The molecule has 0 heterocycles. The van der Waals surface area contributed by atoms with Crippen LogP contribution in [0, 0.1) is 5.92 Å². The molecule has 1 amide bonds. The van der Waals surface area contributed by atoms with Crippen LogP contribution < -0.4 is 5.32 Å². The Kier molecular flexibility index (Phi) is 6.32. The number of nitrogens with one attached hydrogen (secondary N) is 1. The molecule has 2 N–H and O–H groups in total. The third-order valence-corrected chi connectivity index (χ3v) is 2.23. The first kappa shape index (κ1) is 16.9.